The molecule has 4 rings (SSSR count). The maximum atomic E-state index is 12.6. The first-order valence-corrected chi connectivity index (χ1v) is 9.89. The van der Waals surface area contributed by atoms with Crippen molar-refractivity contribution in [3.8, 4) is 5.75 Å². The molecule has 2 aromatic carbocycles. The van der Waals surface area contributed by atoms with Gasteiger partial charge in [-0.25, -0.2) is 0 Å². The number of nitrogens with one attached hydrogen (secondary N) is 3. The molecular formula is C22H24N4O4. The topological polar surface area (TPSA) is 99.8 Å². The summed E-state index contributed by atoms with van der Waals surface area (Å²) in [5.74, 6) is 0.175. The van der Waals surface area contributed by atoms with Crippen molar-refractivity contribution >= 4 is 29.1 Å². The number of rotatable bonds is 4. The second-order valence-electron chi connectivity index (χ2n) is 7.55. The number of likely N-dealkylation sites (tertiary alicyclic amines) is 1. The molecule has 8 heteroatoms. The molecule has 0 saturated carbocycles. The van der Waals surface area contributed by atoms with Crippen molar-refractivity contribution in [2.75, 3.05) is 30.8 Å². The number of ether oxygens (including phenoxy) is 1. The molecule has 3 amide bonds. The maximum Gasteiger partial charge on any atom is 0.255 e. The zero-order valence-corrected chi connectivity index (χ0v) is 16.7. The normalized spacial score (nSPS) is 20.6. The molecule has 0 radical (unpaired) electrons. The van der Waals surface area contributed by atoms with E-state index in [-0.39, 0.29) is 30.7 Å². The summed E-state index contributed by atoms with van der Waals surface area (Å²) in [4.78, 5) is 39.2. The lowest BCUT2D eigenvalue weighted by atomic mass is 9.95. The molecule has 1 unspecified atom stereocenters. The van der Waals surface area contributed by atoms with E-state index in [1.807, 2.05) is 18.2 Å². The first kappa shape index (κ1) is 19.8. The van der Waals surface area contributed by atoms with Crippen molar-refractivity contribution in [3.63, 3.8) is 0 Å². The Bertz CT molecular complexity index is 975. The van der Waals surface area contributed by atoms with Gasteiger partial charge in [0.05, 0.1) is 19.2 Å². The van der Waals surface area contributed by atoms with E-state index in [4.69, 9.17) is 4.74 Å². The smallest absolute Gasteiger partial charge is 0.255 e. The predicted molar refractivity (Wildman–Crippen MR) is 112 cm³/mol. The number of hydrogen-bond acceptors (Lipinski definition) is 5. The number of para-hydroxylation sites is 1. The van der Waals surface area contributed by atoms with Gasteiger partial charge >= 0.3 is 0 Å². The van der Waals surface area contributed by atoms with Crippen molar-refractivity contribution in [1.82, 2.24) is 10.2 Å². The Balaban J connectivity index is 1.40. The number of methoxy groups -OCH3 is 1. The van der Waals surface area contributed by atoms with Gasteiger partial charge in [0.2, 0.25) is 11.8 Å². The Morgan fingerprint density at radius 2 is 1.87 bits per heavy atom. The first-order valence-electron chi connectivity index (χ1n) is 9.89. The zero-order valence-electron chi connectivity index (χ0n) is 16.7. The van der Waals surface area contributed by atoms with Crippen LogP contribution in [-0.2, 0) is 9.59 Å². The lowest BCUT2D eigenvalue weighted by Gasteiger charge is -2.39. The molecule has 156 valence electrons. The number of carbonyl (C=O) groups is 3. The standard InChI is InChI=1S/C22H24N4O4/c1-30-16-8-6-15(7-9-16)23-19(27)14-26-13-12-22(11-10-20(26)28)24-18-5-3-2-4-17(18)21(29)25-22/h2-9,24H,10-14H2,1H3,(H,23,27)(H,25,29). The van der Waals surface area contributed by atoms with Crippen LogP contribution in [0.1, 0.15) is 29.6 Å². The average Bonchev–Trinajstić information content (AvgIpc) is 2.89. The lowest BCUT2D eigenvalue weighted by molar-refractivity contribution is -0.134. The predicted octanol–water partition coefficient (Wildman–Crippen LogP) is 2.20. The molecule has 1 atom stereocenters. The van der Waals surface area contributed by atoms with Crippen LogP contribution in [0.25, 0.3) is 0 Å². The van der Waals surface area contributed by atoms with Crippen molar-refractivity contribution in [3.05, 3.63) is 54.1 Å². The molecule has 30 heavy (non-hydrogen) atoms. The third kappa shape index (κ3) is 4.07. The maximum absolute atomic E-state index is 12.6. The van der Waals surface area contributed by atoms with E-state index in [9.17, 15) is 14.4 Å². The van der Waals surface area contributed by atoms with Crippen molar-refractivity contribution in [2.24, 2.45) is 0 Å². The number of anilines is 2. The third-order valence-electron chi connectivity index (χ3n) is 5.53. The van der Waals surface area contributed by atoms with E-state index in [0.717, 1.165) is 5.69 Å². The van der Waals surface area contributed by atoms with Crippen molar-refractivity contribution in [2.45, 2.75) is 24.9 Å². The molecule has 1 fully saturated rings. The molecule has 2 heterocycles. The molecule has 0 aliphatic carbocycles. The molecule has 3 N–H and O–H groups in total. The molecule has 8 nitrogen and oxygen atoms in total. The van der Waals surface area contributed by atoms with Gasteiger partial charge in [0, 0.05) is 30.8 Å². The van der Waals surface area contributed by atoms with Gasteiger partial charge in [-0.3, -0.25) is 14.4 Å². The Labute approximate surface area is 174 Å². The van der Waals surface area contributed by atoms with Crippen LogP contribution in [0.15, 0.2) is 48.5 Å². The van der Waals surface area contributed by atoms with Crippen LogP contribution < -0.4 is 20.7 Å². The molecular weight excluding hydrogens is 384 g/mol. The summed E-state index contributed by atoms with van der Waals surface area (Å²) >= 11 is 0. The van der Waals surface area contributed by atoms with Gasteiger partial charge in [-0.05, 0) is 42.8 Å². The second-order valence-corrected chi connectivity index (χ2v) is 7.55. The zero-order chi connectivity index (χ0) is 21.1. The monoisotopic (exact) mass is 408 g/mol. The Hall–Kier alpha value is -3.55. The fraction of sp³-hybridized carbons (Fsp3) is 0.318. The highest BCUT2D eigenvalue weighted by molar-refractivity contribution is 6.02. The van der Waals surface area contributed by atoms with Crippen LogP contribution >= 0.6 is 0 Å². The number of benzene rings is 2. The second kappa shape index (κ2) is 8.06. The van der Waals surface area contributed by atoms with Gasteiger partial charge in [0.15, 0.2) is 0 Å². The highest BCUT2D eigenvalue weighted by atomic mass is 16.5. The minimum Gasteiger partial charge on any atom is -0.497 e. The summed E-state index contributed by atoms with van der Waals surface area (Å²) < 4.78 is 5.11. The van der Waals surface area contributed by atoms with Crippen LogP contribution in [0.2, 0.25) is 0 Å². The van der Waals surface area contributed by atoms with Crippen molar-refractivity contribution in [1.29, 1.82) is 0 Å². The fourth-order valence-electron chi connectivity index (χ4n) is 3.88. The number of carbonyl (C=O) groups excluding carboxylic acids is 3. The van der Waals surface area contributed by atoms with E-state index in [1.54, 1.807) is 42.3 Å². The quantitative estimate of drug-likeness (QED) is 0.720. The van der Waals surface area contributed by atoms with Crippen LogP contribution in [0, 0.1) is 0 Å². The van der Waals surface area contributed by atoms with E-state index in [2.05, 4.69) is 16.0 Å². The van der Waals surface area contributed by atoms with Crippen LogP contribution in [0.3, 0.4) is 0 Å². The fourth-order valence-corrected chi connectivity index (χ4v) is 3.88. The Kier molecular flexibility index (Phi) is 5.31. The van der Waals surface area contributed by atoms with Gasteiger partial charge in [-0.2, -0.15) is 0 Å². The number of fused-ring (bicyclic) bond motifs is 1. The van der Waals surface area contributed by atoms with Gasteiger partial charge in [-0.15, -0.1) is 0 Å². The Morgan fingerprint density at radius 3 is 2.63 bits per heavy atom. The van der Waals surface area contributed by atoms with Gasteiger partial charge in [0.1, 0.15) is 11.4 Å². The van der Waals surface area contributed by atoms with E-state index in [1.165, 1.54) is 0 Å². The van der Waals surface area contributed by atoms with E-state index < -0.39 is 5.66 Å². The number of nitrogens with zero attached hydrogens (tertiary/aromatic N) is 1. The molecule has 2 aliphatic heterocycles. The summed E-state index contributed by atoms with van der Waals surface area (Å²) in [5, 5.41) is 9.24. The molecule has 0 bridgehead atoms. The first-order chi connectivity index (χ1) is 14.5. The average molecular weight is 408 g/mol. The SMILES string of the molecule is COc1ccc(NC(=O)CN2CCC3(CCC2=O)NC(=O)c2ccccc2N3)cc1. The minimum absolute atomic E-state index is 0.0362. The number of amides is 3. The highest BCUT2D eigenvalue weighted by Crippen LogP contribution is 2.31. The van der Waals surface area contributed by atoms with Crippen LogP contribution in [0.5, 0.6) is 5.75 Å². The summed E-state index contributed by atoms with van der Waals surface area (Å²) in [7, 11) is 1.58. The minimum atomic E-state index is -0.692. The summed E-state index contributed by atoms with van der Waals surface area (Å²) in [6.07, 6.45) is 1.21. The van der Waals surface area contributed by atoms with Gasteiger partial charge < -0.3 is 25.6 Å². The van der Waals surface area contributed by atoms with Crippen LogP contribution in [0.4, 0.5) is 11.4 Å². The van der Waals surface area contributed by atoms with Gasteiger partial charge in [0.25, 0.3) is 5.91 Å². The largest absolute Gasteiger partial charge is 0.497 e. The summed E-state index contributed by atoms with van der Waals surface area (Å²) in [6.45, 7) is 0.329. The summed E-state index contributed by atoms with van der Waals surface area (Å²) in [5.41, 5.74) is 1.30. The van der Waals surface area contributed by atoms with Gasteiger partial charge in [-0.1, -0.05) is 12.1 Å². The number of hydrogen-bond donors (Lipinski definition) is 3. The molecule has 0 aromatic heterocycles. The molecule has 2 aliphatic rings. The Morgan fingerprint density at radius 1 is 1.10 bits per heavy atom. The van der Waals surface area contributed by atoms with E-state index >= 15 is 0 Å². The highest BCUT2D eigenvalue weighted by Gasteiger charge is 2.40. The lowest BCUT2D eigenvalue weighted by Crippen LogP contribution is -2.58. The molecule has 1 spiro atoms. The van der Waals surface area contributed by atoms with Crippen molar-refractivity contribution < 1.29 is 19.1 Å². The van der Waals surface area contributed by atoms with Crippen LogP contribution in [-0.4, -0.2) is 48.5 Å². The third-order valence-corrected chi connectivity index (χ3v) is 5.53. The molecule has 1 saturated heterocycles. The molecule has 2 aromatic rings. The van der Waals surface area contributed by atoms with E-state index in [0.29, 0.717) is 36.4 Å². The summed E-state index contributed by atoms with van der Waals surface area (Å²) in [6, 6.07) is 14.3.